The fraction of sp³-hybridized carbons (Fsp3) is 1.00. The average Bonchev–Trinajstić information content (AvgIpc) is 2.19. The largest absolute Gasteiger partial charge is 0.316 e. The van der Waals surface area contributed by atoms with Crippen molar-refractivity contribution in [3.63, 3.8) is 0 Å². The molecule has 1 nitrogen and oxygen atoms in total. The van der Waals surface area contributed by atoms with Crippen LogP contribution < -0.4 is 5.32 Å². The second-order valence-electron chi connectivity index (χ2n) is 4.15. The zero-order valence-electron chi connectivity index (χ0n) is 9.95. The van der Waals surface area contributed by atoms with Crippen LogP contribution in [0.2, 0.25) is 0 Å². The van der Waals surface area contributed by atoms with Crippen LogP contribution in [0.25, 0.3) is 0 Å². The molecule has 1 saturated carbocycles. The van der Waals surface area contributed by atoms with Crippen molar-refractivity contribution in [3.8, 4) is 0 Å². The Morgan fingerprint density at radius 1 is 1.08 bits per heavy atom. The molecule has 0 amide bonds. The highest BCUT2D eigenvalue weighted by Crippen LogP contribution is 2.34. The van der Waals surface area contributed by atoms with Gasteiger partial charge in [0, 0.05) is 6.54 Å². The molecule has 1 fully saturated rings. The first-order valence-corrected chi connectivity index (χ1v) is 5.97. The summed E-state index contributed by atoms with van der Waals surface area (Å²) in [6.45, 7) is 11.0. The summed E-state index contributed by atoms with van der Waals surface area (Å²) < 4.78 is 0. The second-order valence-corrected chi connectivity index (χ2v) is 4.15. The van der Waals surface area contributed by atoms with Crippen LogP contribution in [0.1, 0.15) is 59.8 Å². The Morgan fingerprint density at radius 3 is 2.08 bits per heavy atom. The van der Waals surface area contributed by atoms with Gasteiger partial charge in [0.1, 0.15) is 0 Å². The monoisotopic (exact) mass is 185 g/mol. The third-order valence-electron chi connectivity index (χ3n) is 2.86. The molecule has 1 N–H and O–H groups in total. The van der Waals surface area contributed by atoms with Crippen LogP contribution in [-0.4, -0.2) is 13.1 Å². The topological polar surface area (TPSA) is 12.0 Å². The Bertz CT molecular complexity index is 104. The van der Waals surface area contributed by atoms with Crippen LogP contribution in [0, 0.1) is 5.41 Å². The molecule has 1 heteroatoms. The summed E-state index contributed by atoms with van der Waals surface area (Å²) in [5.74, 6) is 0. The maximum absolute atomic E-state index is 3.46. The van der Waals surface area contributed by atoms with E-state index < -0.39 is 0 Å². The molecule has 0 aromatic rings. The molecule has 80 valence electrons. The van der Waals surface area contributed by atoms with Gasteiger partial charge in [-0.1, -0.05) is 47.0 Å². The zero-order valence-corrected chi connectivity index (χ0v) is 9.95. The van der Waals surface area contributed by atoms with E-state index in [9.17, 15) is 0 Å². The molecule has 0 unspecified atom stereocenters. The summed E-state index contributed by atoms with van der Waals surface area (Å²) in [5, 5.41) is 3.46. The van der Waals surface area contributed by atoms with E-state index in [0.29, 0.717) is 5.41 Å². The van der Waals surface area contributed by atoms with Crippen molar-refractivity contribution >= 4 is 0 Å². The third kappa shape index (κ3) is 5.30. The molecule has 0 atom stereocenters. The normalized spacial score (nSPS) is 20.3. The maximum Gasteiger partial charge on any atom is 0.000504 e. The molecule has 0 saturated heterocycles. The molecule has 1 aliphatic carbocycles. The number of rotatable bonds is 3. The van der Waals surface area contributed by atoms with E-state index in [4.69, 9.17) is 0 Å². The van der Waals surface area contributed by atoms with Gasteiger partial charge in [-0.3, -0.25) is 0 Å². The van der Waals surface area contributed by atoms with Crippen molar-refractivity contribution in [3.05, 3.63) is 0 Å². The first-order chi connectivity index (χ1) is 6.27. The van der Waals surface area contributed by atoms with E-state index >= 15 is 0 Å². The van der Waals surface area contributed by atoms with Crippen molar-refractivity contribution in [2.75, 3.05) is 13.1 Å². The Kier molecular flexibility index (Phi) is 7.35. The highest BCUT2D eigenvalue weighted by Gasteiger charge is 2.25. The fourth-order valence-electron chi connectivity index (χ4n) is 2.01. The van der Waals surface area contributed by atoms with E-state index in [1.54, 1.807) is 0 Å². The summed E-state index contributed by atoms with van der Waals surface area (Å²) in [6.07, 6.45) is 7.21. The summed E-state index contributed by atoms with van der Waals surface area (Å²) in [7, 11) is 0. The predicted octanol–water partition coefficient (Wildman–Crippen LogP) is 3.59. The van der Waals surface area contributed by atoms with Crippen LogP contribution >= 0.6 is 0 Å². The van der Waals surface area contributed by atoms with E-state index in [2.05, 4.69) is 19.2 Å². The van der Waals surface area contributed by atoms with Gasteiger partial charge in [-0.2, -0.15) is 0 Å². The first kappa shape index (κ1) is 13.0. The summed E-state index contributed by atoms with van der Waals surface area (Å²) >= 11 is 0. The van der Waals surface area contributed by atoms with Crippen molar-refractivity contribution in [1.82, 2.24) is 5.32 Å². The van der Waals surface area contributed by atoms with Gasteiger partial charge < -0.3 is 5.32 Å². The Hall–Kier alpha value is -0.0400. The van der Waals surface area contributed by atoms with Gasteiger partial charge >= 0.3 is 0 Å². The second kappa shape index (κ2) is 7.37. The van der Waals surface area contributed by atoms with Gasteiger partial charge in [0.25, 0.3) is 0 Å². The number of hydrogen-bond donors (Lipinski definition) is 1. The fourth-order valence-corrected chi connectivity index (χ4v) is 2.01. The smallest absolute Gasteiger partial charge is 0.000504 e. The SMILES string of the molecule is CC.CCNCC1(C)CCCCC1. The Labute approximate surface area is 84.3 Å². The lowest BCUT2D eigenvalue weighted by Gasteiger charge is -2.33. The number of hydrogen-bond acceptors (Lipinski definition) is 1. The van der Waals surface area contributed by atoms with E-state index in [1.807, 2.05) is 13.8 Å². The molecular weight excluding hydrogens is 158 g/mol. The molecule has 0 spiro atoms. The van der Waals surface area contributed by atoms with Crippen LogP contribution in [0.15, 0.2) is 0 Å². The molecule has 0 aromatic heterocycles. The molecule has 1 rings (SSSR count). The van der Waals surface area contributed by atoms with Gasteiger partial charge in [-0.15, -0.1) is 0 Å². The minimum atomic E-state index is 0.619. The van der Waals surface area contributed by atoms with Crippen LogP contribution in [-0.2, 0) is 0 Å². The lowest BCUT2D eigenvalue weighted by Crippen LogP contribution is -2.33. The highest BCUT2D eigenvalue weighted by atomic mass is 14.9. The molecule has 0 aliphatic heterocycles. The van der Waals surface area contributed by atoms with E-state index in [1.165, 1.54) is 38.6 Å². The van der Waals surface area contributed by atoms with Crippen molar-refractivity contribution < 1.29 is 0 Å². The minimum absolute atomic E-state index is 0.619. The van der Waals surface area contributed by atoms with Crippen LogP contribution in [0.3, 0.4) is 0 Å². The van der Waals surface area contributed by atoms with Gasteiger partial charge in [-0.05, 0) is 24.8 Å². The van der Waals surface area contributed by atoms with Crippen molar-refractivity contribution in [2.24, 2.45) is 5.41 Å². The van der Waals surface area contributed by atoms with Gasteiger partial charge in [0.2, 0.25) is 0 Å². The molecular formula is C12H27N. The van der Waals surface area contributed by atoms with Crippen molar-refractivity contribution in [1.29, 1.82) is 0 Å². The Morgan fingerprint density at radius 2 is 1.62 bits per heavy atom. The zero-order chi connectivity index (χ0) is 10.2. The summed E-state index contributed by atoms with van der Waals surface area (Å²) in [6, 6.07) is 0. The van der Waals surface area contributed by atoms with Crippen LogP contribution in [0.5, 0.6) is 0 Å². The molecule has 0 aromatic carbocycles. The van der Waals surface area contributed by atoms with E-state index in [-0.39, 0.29) is 0 Å². The Balaban J connectivity index is 0.000000671. The third-order valence-corrected chi connectivity index (χ3v) is 2.86. The first-order valence-electron chi connectivity index (χ1n) is 5.97. The molecule has 0 bridgehead atoms. The lowest BCUT2D eigenvalue weighted by atomic mass is 9.76. The average molecular weight is 185 g/mol. The predicted molar refractivity (Wildman–Crippen MR) is 61.1 cm³/mol. The summed E-state index contributed by atoms with van der Waals surface area (Å²) in [4.78, 5) is 0. The minimum Gasteiger partial charge on any atom is -0.316 e. The molecule has 0 heterocycles. The lowest BCUT2D eigenvalue weighted by molar-refractivity contribution is 0.209. The number of nitrogens with one attached hydrogen (secondary N) is 1. The van der Waals surface area contributed by atoms with Crippen LogP contribution in [0.4, 0.5) is 0 Å². The van der Waals surface area contributed by atoms with E-state index in [0.717, 1.165) is 6.54 Å². The van der Waals surface area contributed by atoms with Gasteiger partial charge in [0.05, 0.1) is 0 Å². The molecule has 13 heavy (non-hydrogen) atoms. The van der Waals surface area contributed by atoms with Crippen molar-refractivity contribution in [2.45, 2.75) is 59.8 Å². The standard InChI is InChI=1S/C10H21N.C2H6/c1-3-11-9-10(2)7-5-4-6-8-10;1-2/h11H,3-9H2,1-2H3;1-2H3. The van der Waals surface area contributed by atoms with Gasteiger partial charge in [0.15, 0.2) is 0 Å². The summed E-state index contributed by atoms with van der Waals surface area (Å²) in [5.41, 5.74) is 0.619. The molecule has 1 aliphatic rings. The van der Waals surface area contributed by atoms with Gasteiger partial charge in [-0.25, -0.2) is 0 Å². The highest BCUT2D eigenvalue weighted by molar-refractivity contribution is 4.80. The quantitative estimate of drug-likeness (QED) is 0.708. The maximum atomic E-state index is 3.46. The molecule has 0 radical (unpaired) electrons.